The molecule has 1 aliphatic heterocycles. The predicted octanol–water partition coefficient (Wildman–Crippen LogP) is 1.97. The van der Waals surface area contributed by atoms with E-state index in [0.29, 0.717) is 11.4 Å². The summed E-state index contributed by atoms with van der Waals surface area (Å²) in [5.74, 6) is -0.130. The van der Waals surface area contributed by atoms with Crippen molar-refractivity contribution in [2.75, 3.05) is 25.3 Å². The largest absolute Gasteiger partial charge is 0.386 e. The summed E-state index contributed by atoms with van der Waals surface area (Å²) in [6, 6.07) is 7.51. The van der Waals surface area contributed by atoms with Crippen LogP contribution in [-0.4, -0.2) is 42.5 Å². The van der Waals surface area contributed by atoms with Crippen molar-refractivity contribution in [1.29, 1.82) is 5.26 Å². The molecule has 0 spiro atoms. The zero-order valence-corrected chi connectivity index (χ0v) is 14.0. The van der Waals surface area contributed by atoms with E-state index in [1.54, 1.807) is 4.90 Å². The molecule has 1 amide bonds. The number of benzene rings is 1. The van der Waals surface area contributed by atoms with Crippen LogP contribution in [0, 0.1) is 11.3 Å². The van der Waals surface area contributed by atoms with E-state index in [1.807, 2.05) is 24.3 Å². The van der Waals surface area contributed by atoms with E-state index in [9.17, 15) is 9.90 Å². The Kier molecular flexibility index (Phi) is 5.06. The smallest absolute Gasteiger partial charge is 0.260 e. The lowest BCUT2D eigenvalue weighted by atomic mass is 10.2. The molecule has 0 unspecified atom stereocenters. The number of hydrogen-bond acceptors (Lipinski definition) is 7. The Bertz CT molecular complexity index is 785. The molecule has 24 heavy (non-hydrogen) atoms. The molecule has 7 nitrogen and oxygen atoms in total. The number of amides is 1. The van der Waals surface area contributed by atoms with E-state index < -0.39 is 12.2 Å². The number of nitrogens with zero attached hydrogens (tertiary/aromatic N) is 3. The molecule has 1 saturated heterocycles. The van der Waals surface area contributed by atoms with Crippen LogP contribution < -0.4 is 4.90 Å². The van der Waals surface area contributed by atoms with Gasteiger partial charge in [0.05, 0.1) is 22.9 Å². The highest BCUT2D eigenvalue weighted by molar-refractivity contribution is 7.18. The number of rotatable bonds is 6. The maximum atomic E-state index is 12.3. The number of aromatic nitrogens is 1. The summed E-state index contributed by atoms with van der Waals surface area (Å²) in [7, 11) is 1.53. The van der Waals surface area contributed by atoms with Crippen LogP contribution in [0.4, 0.5) is 5.69 Å². The molecule has 1 aromatic heterocycles. The van der Waals surface area contributed by atoms with E-state index in [2.05, 4.69) is 4.98 Å². The Morgan fingerprint density at radius 1 is 1.62 bits per heavy atom. The van der Waals surface area contributed by atoms with Gasteiger partial charge in [0.1, 0.15) is 17.8 Å². The first kappa shape index (κ1) is 16.8. The monoisotopic (exact) mass is 347 g/mol. The molecule has 0 aliphatic carbocycles. The molecule has 1 fully saturated rings. The van der Waals surface area contributed by atoms with E-state index in [4.69, 9.17) is 14.7 Å². The van der Waals surface area contributed by atoms with Gasteiger partial charge in [0.15, 0.2) is 6.10 Å². The van der Waals surface area contributed by atoms with Crippen molar-refractivity contribution in [2.45, 2.75) is 25.0 Å². The number of aliphatic hydroxyl groups excluding tert-OH is 1. The summed E-state index contributed by atoms with van der Waals surface area (Å²) in [4.78, 5) is 18.3. The van der Waals surface area contributed by atoms with Gasteiger partial charge < -0.3 is 14.6 Å². The fourth-order valence-corrected chi connectivity index (χ4v) is 3.53. The highest BCUT2D eigenvalue weighted by Gasteiger charge is 2.33. The molecule has 2 aromatic rings. The summed E-state index contributed by atoms with van der Waals surface area (Å²) in [6.07, 6.45) is -0.674. The second-order valence-electron chi connectivity index (χ2n) is 5.42. The normalized spacial score (nSPS) is 19.0. The molecular formula is C16H17N3O4S. The number of thiazole rings is 1. The standard InChI is InChI=1S/C16H17N3O4S/c1-22-8-13-16(21)19(9-23-13)10-4-5-11-14(7-10)24-15(18-11)12(20)3-2-6-17/h4-5,7,12-13,20H,2-3,8-9H2,1H3/t12-,13+/m0/s1. The van der Waals surface area contributed by atoms with Gasteiger partial charge in [-0.15, -0.1) is 11.3 Å². The fourth-order valence-electron chi connectivity index (χ4n) is 2.51. The summed E-state index contributed by atoms with van der Waals surface area (Å²) in [6.45, 7) is 0.419. The molecular weight excluding hydrogens is 330 g/mol. The maximum absolute atomic E-state index is 12.3. The van der Waals surface area contributed by atoms with Crippen molar-refractivity contribution in [3.8, 4) is 6.07 Å². The van der Waals surface area contributed by atoms with E-state index >= 15 is 0 Å². The number of anilines is 1. The van der Waals surface area contributed by atoms with Crippen molar-refractivity contribution in [3.05, 3.63) is 23.2 Å². The first-order valence-corrected chi connectivity index (χ1v) is 8.33. The number of aliphatic hydroxyl groups is 1. The van der Waals surface area contributed by atoms with Crippen molar-refractivity contribution < 1.29 is 19.4 Å². The Morgan fingerprint density at radius 3 is 3.21 bits per heavy atom. The van der Waals surface area contributed by atoms with Crippen LogP contribution in [-0.2, 0) is 14.3 Å². The number of methoxy groups -OCH3 is 1. The minimum absolute atomic E-state index is 0.130. The second kappa shape index (κ2) is 7.23. The van der Waals surface area contributed by atoms with Gasteiger partial charge in [0.25, 0.3) is 5.91 Å². The summed E-state index contributed by atoms with van der Waals surface area (Å²) in [5.41, 5.74) is 1.49. The van der Waals surface area contributed by atoms with E-state index in [1.165, 1.54) is 18.4 Å². The average Bonchev–Trinajstić information content (AvgIpc) is 3.16. The third kappa shape index (κ3) is 3.25. The zero-order valence-electron chi connectivity index (χ0n) is 13.1. The molecule has 2 atom stereocenters. The van der Waals surface area contributed by atoms with Crippen LogP contribution in [0.3, 0.4) is 0 Å². The molecule has 0 radical (unpaired) electrons. The third-order valence-corrected chi connectivity index (χ3v) is 4.90. The Labute approximate surface area is 143 Å². The zero-order chi connectivity index (χ0) is 17.1. The van der Waals surface area contributed by atoms with Gasteiger partial charge in [-0.1, -0.05) is 0 Å². The number of ether oxygens (including phenoxy) is 2. The molecule has 0 saturated carbocycles. The number of hydrogen-bond donors (Lipinski definition) is 1. The molecule has 2 heterocycles. The van der Waals surface area contributed by atoms with Crippen LogP contribution in [0.5, 0.6) is 0 Å². The van der Waals surface area contributed by atoms with Gasteiger partial charge >= 0.3 is 0 Å². The van der Waals surface area contributed by atoms with Gasteiger partial charge in [-0.3, -0.25) is 9.69 Å². The second-order valence-corrected chi connectivity index (χ2v) is 6.48. The number of nitriles is 1. The van der Waals surface area contributed by atoms with Gasteiger partial charge in [-0.05, 0) is 24.6 Å². The van der Waals surface area contributed by atoms with Crippen molar-refractivity contribution >= 4 is 33.1 Å². The summed E-state index contributed by atoms with van der Waals surface area (Å²) < 4.78 is 11.3. The maximum Gasteiger partial charge on any atom is 0.260 e. The van der Waals surface area contributed by atoms with Gasteiger partial charge in [0, 0.05) is 19.2 Å². The molecule has 3 rings (SSSR count). The van der Waals surface area contributed by atoms with Crippen molar-refractivity contribution in [3.63, 3.8) is 0 Å². The van der Waals surface area contributed by atoms with Gasteiger partial charge in [-0.2, -0.15) is 5.26 Å². The first-order valence-electron chi connectivity index (χ1n) is 7.51. The Hall–Kier alpha value is -2.05. The average molecular weight is 347 g/mol. The Morgan fingerprint density at radius 2 is 2.46 bits per heavy atom. The number of fused-ring (bicyclic) bond motifs is 1. The van der Waals surface area contributed by atoms with E-state index in [0.717, 1.165) is 15.9 Å². The SMILES string of the molecule is COC[C@H]1OCN(c2ccc3nc([C@@H](O)CCC#N)sc3c2)C1=O. The highest BCUT2D eigenvalue weighted by atomic mass is 32.1. The number of carbonyl (C=O) groups excluding carboxylic acids is 1. The predicted molar refractivity (Wildman–Crippen MR) is 88.5 cm³/mol. The molecule has 1 aromatic carbocycles. The van der Waals surface area contributed by atoms with Crippen LogP contribution in [0.2, 0.25) is 0 Å². The fraction of sp³-hybridized carbons (Fsp3) is 0.438. The first-order chi connectivity index (χ1) is 11.6. The highest BCUT2D eigenvalue weighted by Crippen LogP contribution is 2.32. The minimum atomic E-state index is -0.742. The number of carbonyl (C=O) groups is 1. The van der Waals surface area contributed by atoms with Crippen LogP contribution >= 0.6 is 11.3 Å². The van der Waals surface area contributed by atoms with Gasteiger partial charge in [-0.25, -0.2) is 4.98 Å². The minimum Gasteiger partial charge on any atom is -0.386 e. The van der Waals surface area contributed by atoms with Crippen LogP contribution in [0.25, 0.3) is 10.2 Å². The Balaban J connectivity index is 1.82. The van der Waals surface area contributed by atoms with Crippen molar-refractivity contribution in [2.24, 2.45) is 0 Å². The molecule has 8 heteroatoms. The lowest BCUT2D eigenvalue weighted by molar-refractivity contribution is -0.124. The molecule has 0 bridgehead atoms. The lowest BCUT2D eigenvalue weighted by Gasteiger charge is -2.14. The molecule has 126 valence electrons. The van der Waals surface area contributed by atoms with Gasteiger partial charge in [0.2, 0.25) is 0 Å². The summed E-state index contributed by atoms with van der Waals surface area (Å²) in [5, 5.41) is 19.3. The quantitative estimate of drug-likeness (QED) is 0.858. The molecule has 1 aliphatic rings. The van der Waals surface area contributed by atoms with Crippen molar-refractivity contribution in [1.82, 2.24) is 4.98 Å². The van der Waals surface area contributed by atoms with E-state index in [-0.39, 0.29) is 25.7 Å². The third-order valence-electron chi connectivity index (χ3n) is 3.78. The topological polar surface area (TPSA) is 95.7 Å². The summed E-state index contributed by atoms with van der Waals surface area (Å²) >= 11 is 1.37. The molecule has 1 N–H and O–H groups in total. The van der Waals surface area contributed by atoms with Crippen LogP contribution in [0.1, 0.15) is 24.0 Å². The lowest BCUT2D eigenvalue weighted by Crippen LogP contribution is -2.31. The van der Waals surface area contributed by atoms with Crippen LogP contribution in [0.15, 0.2) is 18.2 Å².